The van der Waals surface area contributed by atoms with Crippen molar-refractivity contribution in [2.45, 2.75) is 38.0 Å². The van der Waals surface area contributed by atoms with Crippen LogP contribution in [-0.4, -0.2) is 63.8 Å². The molecule has 29 heavy (non-hydrogen) atoms. The molecule has 0 N–H and O–H groups in total. The summed E-state index contributed by atoms with van der Waals surface area (Å²) in [4.78, 5) is 14.4. The molecule has 1 fully saturated rings. The molecule has 2 aromatic rings. The Balaban J connectivity index is 1.74. The van der Waals surface area contributed by atoms with Crippen LogP contribution in [0.5, 0.6) is 0 Å². The van der Waals surface area contributed by atoms with Crippen molar-refractivity contribution in [1.82, 2.24) is 19.7 Å². The lowest BCUT2D eigenvalue weighted by Gasteiger charge is -2.26. The highest BCUT2D eigenvalue weighted by Gasteiger charge is 2.33. The van der Waals surface area contributed by atoms with Gasteiger partial charge in [-0.2, -0.15) is 0 Å². The molecular formula is C20H26N4O3S2. The van der Waals surface area contributed by atoms with Gasteiger partial charge in [0.2, 0.25) is 5.91 Å². The van der Waals surface area contributed by atoms with Gasteiger partial charge in [-0.3, -0.25) is 9.36 Å². The van der Waals surface area contributed by atoms with Crippen LogP contribution in [0.1, 0.15) is 18.9 Å². The van der Waals surface area contributed by atoms with Crippen LogP contribution < -0.4 is 0 Å². The van der Waals surface area contributed by atoms with E-state index in [1.54, 1.807) is 11.0 Å². The van der Waals surface area contributed by atoms with E-state index in [1.165, 1.54) is 11.8 Å². The maximum atomic E-state index is 12.8. The smallest absolute Gasteiger partial charge is 0.233 e. The maximum Gasteiger partial charge on any atom is 0.233 e. The topological polar surface area (TPSA) is 85.2 Å². The molecule has 156 valence electrons. The fourth-order valence-corrected chi connectivity index (χ4v) is 6.12. The fraction of sp³-hybridized carbons (Fsp3) is 0.450. The first kappa shape index (κ1) is 21.6. The highest BCUT2D eigenvalue weighted by Crippen LogP contribution is 2.26. The van der Waals surface area contributed by atoms with Gasteiger partial charge < -0.3 is 4.90 Å². The van der Waals surface area contributed by atoms with Gasteiger partial charge in [0, 0.05) is 24.7 Å². The third-order valence-electron chi connectivity index (χ3n) is 4.94. The SMILES string of the molecule is C=CCn1c(SCC(=O)N(CC)[C@@H]2CCS(=O)(=O)C2)nnc1-c1cccc(C)c1. The normalized spacial score (nSPS) is 17.9. The van der Waals surface area contributed by atoms with Gasteiger partial charge in [-0.1, -0.05) is 41.6 Å². The predicted molar refractivity (Wildman–Crippen MR) is 116 cm³/mol. The summed E-state index contributed by atoms with van der Waals surface area (Å²) in [7, 11) is -3.03. The minimum atomic E-state index is -3.03. The highest BCUT2D eigenvalue weighted by molar-refractivity contribution is 7.99. The van der Waals surface area contributed by atoms with E-state index in [0.29, 0.717) is 24.7 Å². The molecule has 1 aliphatic heterocycles. The van der Waals surface area contributed by atoms with Gasteiger partial charge in [-0.25, -0.2) is 8.42 Å². The molecular weight excluding hydrogens is 408 g/mol. The van der Waals surface area contributed by atoms with E-state index in [9.17, 15) is 13.2 Å². The summed E-state index contributed by atoms with van der Waals surface area (Å²) in [5.41, 5.74) is 2.09. The van der Waals surface area contributed by atoms with E-state index < -0.39 is 9.84 Å². The van der Waals surface area contributed by atoms with E-state index in [2.05, 4.69) is 16.8 Å². The molecule has 3 rings (SSSR count). The average molecular weight is 435 g/mol. The molecule has 9 heteroatoms. The summed E-state index contributed by atoms with van der Waals surface area (Å²) in [6.07, 6.45) is 2.28. The predicted octanol–water partition coefficient (Wildman–Crippen LogP) is 2.57. The third kappa shape index (κ3) is 5.08. The van der Waals surface area contributed by atoms with Gasteiger partial charge in [-0.15, -0.1) is 16.8 Å². The van der Waals surface area contributed by atoms with Crippen molar-refractivity contribution < 1.29 is 13.2 Å². The molecule has 1 aromatic carbocycles. The quantitative estimate of drug-likeness (QED) is 0.469. The number of hydrogen-bond donors (Lipinski definition) is 0. The van der Waals surface area contributed by atoms with E-state index >= 15 is 0 Å². The number of benzene rings is 1. The molecule has 2 heterocycles. The van der Waals surface area contributed by atoms with Crippen LogP contribution in [-0.2, 0) is 21.2 Å². The lowest BCUT2D eigenvalue weighted by Crippen LogP contribution is -2.42. The molecule has 0 spiro atoms. The number of aromatic nitrogens is 3. The second kappa shape index (κ2) is 9.13. The average Bonchev–Trinajstić information content (AvgIpc) is 3.24. The Hall–Kier alpha value is -2.13. The zero-order chi connectivity index (χ0) is 21.0. The molecule has 1 saturated heterocycles. The van der Waals surface area contributed by atoms with E-state index in [4.69, 9.17) is 0 Å². The number of sulfone groups is 1. The molecule has 1 aromatic heterocycles. The van der Waals surface area contributed by atoms with Crippen LogP contribution in [0.3, 0.4) is 0 Å². The largest absolute Gasteiger partial charge is 0.338 e. The fourth-order valence-electron chi connectivity index (χ4n) is 3.56. The Morgan fingerprint density at radius 3 is 2.83 bits per heavy atom. The molecule has 7 nitrogen and oxygen atoms in total. The number of amides is 1. The van der Waals surface area contributed by atoms with Gasteiger partial charge >= 0.3 is 0 Å². The number of allylic oxidation sites excluding steroid dienone is 1. The molecule has 0 unspecified atom stereocenters. The number of hydrogen-bond acceptors (Lipinski definition) is 6. The van der Waals surface area contributed by atoms with Gasteiger partial charge in [-0.05, 0) is 26.3 Å². The van der Waals surface area contributed by atoms with Gasteiger partial charge in [0.25, 0.3) is 0 Å². The number of carbonyl (C=O) groups is 1. The first-order valence-corrected chi connectivity index (χ1v) is 12.4. The van der Waals surface area contributed by atoms with Crippen LogP contribution in [0.15, 0.2) is 42.1 Å². The molecule has 1 aliphatic rings. The Labute approximate surface area is 176 Å². The van der Waals surface area contributed by atoms with Crippen molar-refractivity contribution in [2.75, 3.05) is 23.8 Å². The van der Waals surface area contributed by atoms with Crippen molar-refractivity contribution in [3.63, 3.8) is 0 Å². The van der Waals surface area contributed by atoms with Gasteiger partial charge in [0.15, 0.2) is 20.8 Å². The molecule has 0 radical (unpaired) electrons. The molecule has 1 amide bonds. The number of carbonyl (C=O) groups excluding carboxylic acids is 1. The summed E-state index contributed by atoms with van der Waals surface area (Å²) in [6.45, 7) is 8.74. The zero-order valence-electron chi connectivity index (χ0n) is 16.7. The van der Waals surface area contributed by atoms with E-state index in [0.717, 1.165) is 17.0 Å². The minimum absolute atomic E-state index is 0.0569. The molecule has 0 saturated carbocycles. The van der Waals surface area contributed by atoms with Gasteiger partial charge in [0.1, 0.15) is 0 Å². The first-order valence-electron chi connectivity index (χ1n) is 9.58. The van der Waals surface area contributed by atoms with Crippen LogP contribution in [0, 0.1) is 6.92 Å². The number of thioether (sulfide) groups is 1. The summed E-state index contributed by atoms with van der Waals surface area (Å²) in [6, 6.07) is 7.79. The van der Waals surface area contributed by atoms with E-state index in [1.807, 2.05) is 42.7 Å². The second-order valence-corrected chi connectivity index (χ2v) is 10.3. The van der Waals surface area contributed by atoms with Gasteiger partial charge in [0.05, 0.1) is 17.3 Å². The minimum Gasteiger partial charge on any atom is -0.338 e. The standard InChI is InChI=1S/C20H26N4O3S2/c1-4-10-24-19(16-8-6-7-15(3)12-16)21-22-20(24)28-13-18(25)23(5-2)17-9-11-29(26,27)14-17/h4,6-8,12,17H,1,5,9-11,13-14H2,2-3H3/t17-/m1/s1. The first-order chi connectivity index (χ1) is 13.8. The molecule has 0 bridgehead atoms. The summed E-state index contributed by atoms with van der Waals surface area (Å²) in [5.74, 6) is 1.06. The third-order valence-corrected chi connectivity index (χ3v) is 7.64. The Bertz CT molecular complexity index is 1000. The number of aryl methyl sites for hydroxylation is 1. The second-order valence-electron chi connectivity index (χ2n) is 7.10. The summed E-state index contributed by atoms with van der Waals surface area (Å²) in [5, 5.41) is 9.25. The highest BCUT2D eigenvalue weighted by atomic mass is 32.2. The number of rotatable bonds is 8. The van der Waals surface area contributed by atoms with Crippen LogP contribution >= 0.6 is 11.8 Å². The van der Waals surface area contributed by atoms with E-state index in [-0.39, 0.29) is 29.2 Å². The molecule has 1 atom stereocenters. The number of nitrogens with zero attached hydrogens (tertiary/aromatic N) is 4. The lowest BCUT2D eigenvalue weighted by atomic mass is 10.1. The Kier molecular flexibility index (Phi) is 6.79. The van der Waals surface area contributed by atoms with Crippen molar-refractivity contribution in [3.05, 3.63) is 42.5 Å². The summed E-state index contributed by atoms with van der Waals surface area (Å²) < 4.78 is 25.5. The van der Waals surface area contributed by atoms with Crippen molar-refractivity contribution in [1.29, 1.82) is 0 Å². The monoisotopic (exact) mass is 434 g/mol. The van der Waals surface area contributed by atoms with Crippen molar-refractivity contribution in [3.8, 4) is 11.4 Å². The zero-order valence-corrected chi connectivity index (χ0v) is 18.4. The van der Waals surface area contributed by atoms with Crippen molar-refractivity contribution in [2.24, 2.45) is 0 Å². The Morgan fingerprint density at radius 1 is 1.41 bits per heavy atom. The molecule has 0 aliphatic carbocycles. The maximum absolute atomic E-state index is 12.8. The lowest BCUT2D eigenvalue weighted by molar-refractivity contribution is -0.129. The van der Waals surface area contributed by atoms with Crippen molar-refractivity contribution >= 4 is 27.5 Å². The Morgan fingerprint density at radius 2 is 2.21 bits per heavy atom. The van der Waals surface area contributed by atoms with Crippen LogP contribution in [0.25, 0.3) is 11.4 Å². The van der Waals surface area contributed by atoms with Crippen LogP contribution in [0.4, 0.5) is 0 Å². The van der Waals surface area contributed by atoms with Crippen LogP contribution in [0.2, 0.25) is 0 Å². The summed E-state index contributed by atoms with van der Waals surface area (Å²) >= 11 is 1.32.